The van der Waals surface area contributed by atoms with Crippen LogP contribution < -0.4 is 26.6 Å². The first-order valence-corrected chi connectivity index (χ1v) is 25.9. The molecule has 3 fully saturated rings. The van der Waals surface area contributed by atoms with E-state index >= 15 is 0 Å². The van der Waals surface area contributed by atoms with Crippen molar-refractivity contribution in [3.63, 3.8) is 0 Å². The maximum atomic E-state index is 14.3. The van der Waals surface area contributed by atoms with Crippen molar-refractivity contribution >= 4 is 41.4 Å². The number of allylic oxidation sites excluding steroid dienone is 4. The summed E-state index contributed by atoms with van der Waals surface area (Å²) in [7, 11) is 0. The molecule has 3 aliphatic heterocycles. The van der Waals surface area contributed by atoms with E-state index in [9.17, 15) is 64.2 Å². The number of amides is 7. The molecule has 4 rings (SSSR count). The molecule has 1 aromatic carbocycles. The van der Waals surface area contributed by atoms with E-state index in [0.717, 1.165) is 54.7 Å². The van der Waals surface area contributed by atoms with Crippen molar-refractivity contribution < 1.29 is 64.2 Å². The largest absolute Gasteiger partial charge is 0.508 e. The number of benzene rings is 1. The minimum absolute atomic E-state index is 0.0650. The van der Waals surface area contributed by atoms with Gasteiger partial charge in [0.25, 0.3) is 0 Å². The van der Waals surface area contributed by atoms with Crippen LogP contribution in [0.4, 0.5) is 0 Å². The lowest BCUT2D eigenvalue weighted by Crippen LogP contribution is -2.64. The molecule has 0 aromatic heterocycles. The fourth-order valence-corrected chi connectivity index (χ4v) is 9.32. The van der Waals surface area contributed by atoms with Gasteiger partial charge < -0.3 is 67.0 Å². The van der Waals surface area contributed by atoms with Gasteiger partial charge >= 0.3 is 0 Å². The zero-order valence-corrected chi connectivity index (χ0v) is 42.4. The van der Waals surface area contributed by atoms with Crippen LogP contribution in [-0.4, -0.2) is 168 Å². The summed E-state index contributed by atoms with van der Waals surface area (Å²) in [5.74, 6) is -6.87. The van der Waals surface area contributed by atoms with Crippen LogP contribution in [0.2, 0.25) is 0 Å². The molecule has 3 saturated heterocycles. The minimum atomic E-state index is -1.88. The fraction of sp³-hybridized carbons (Fsp3) is 0.673. The second kappa shape index (κ2) is 29.9. The number of rotatable bonds is 20. The van der Waals surface area contributed by atoms with E-state index in [1.807, 2.05) is 0 Å². The molecule has 1 aromatic rings. The predicted molar refractivity (Wildman–Crippen MR) is 267 cm³/mol. The Balaban J connectivity index is 1.55. The highest BCUT2D eigenvalue weighted by Gasteiger charge is 2.49. The molecule has 7 amide bonds. The average Bonchev–Trinajstić information content (AvgIpc) is 3.88. The van der Waals surface area contributed by atoms with Crippen LogP contribution in [0.1, 0.15) is 130 Å². The highest BCUT2D eigenvalue weighted by atomic mass is 16.3. The van der Waals surface area contributed by atoms with E-state index in [-0.39, 0.29) is 50.9 Å². The summed E-state index contributed by atoms with van der Waals surface area (Å²) in [5.41, 5.74) is 0.418. The number of carbonyl (C=O) groups is 7. The zero-order chi connectivity index (χ0) is 52.9. The molecule has 0 radical (unpaired) electrons. The Kier molecular flexibility index (Phi) is 24.6. The molecule has 2 unspecified atom stereocenters. The number of nitrogens with zero attached hydrogens (tertiary/aromatic N) is 2. The smallest absolute Gasteiger partial charge is 0.248 e. The molecule has 0 spiro atoms. The third-order valence-corrected chi connectivity index (χ3v) is 13.6. The van der Waals surface area contributed by atoms with Crippen molar-refractivity contribution in [2.75, 3.05) is 19.6 Å². The molecular formula is C52H81N7O13. The maximum Gasteiger partial charge on any atom is 0.248 e. The number of aromatic hydroxyl groups is 1. The molecule has 20 nitrogen and oxygen atoms in total. The number of fused-ring (bicyclic) bond motifs is 2. The Hall–Kier alpha value is -5.41. The van der Waals surface area contributed by atoms with Gasteiger partial charge in [-0.2, -0.15) is 0 Å². The van der Waals surface area contributed by atoms with Gasteiger partial charge in [0.05, 0.1) is 30.5 Å². The molecule has 20 heteroatoms. The minimum Gasteiger partial charge on any atom is -0.508 e. The second-order valence-corrected chi connectivity index (χ2v) is 19.7. The number of hydrogen-bond donors (Lipinski definition) is 11. The van der Waals surface area contributed by atoms with Crippen LogP contribution in [0.3, 0.4) is 0 Å². The first-order valence-electron chi connectivity index (χ1n) is 25.9. The van der Waals surface area contributed by atoms with Crippen LogP contribution >= 0.6 is 0 Å². The van der Waals surface area contributed by atoms with E-state index in [2.05, 4.69) is 57.8 Å². The summed E-state index contributed by atoms with van der Waals surface area (Å²) < 4.78 is 0. The topological polar surface area (TPSA) is 307 Å². The Bertz CT molecular complexity index is 2000. The van der Waals surface area contributed by atoms with Gasteiger partial charge in [-0.3, -0.25) is 33.6 Å². The normalized spacial score (nSPS) is 27.6. The first kappa shape index (κ1) is 59.2. The Morgan fingerprint density at radius 2 is 1.32 bits per heavy atom. The molecule has 402 valence electrons. The van der Waals surface area contributed by atoms with Gasteiger partial charge in [0, 0.05) is 44.8 Å². The van der Waals surface area contributed by atoms with Gasteiger partial charge in [-0.15, -0.1) is 0 Å². The van der Waals surface area contributed by atoms with E-state index < -0.39 is 121 Å². The second-order valence-electron chi connectivity index (χ2n) is 19.7. The molecule has 0 bridgehead atoms. The molecule has 3 heterocycles. The highest BCUT2D eigenvalue weighted by molar-refractivity contribution is 5.98. The van der Waals surface area contributed by atoms with Crippen molar-refractivity contribution in [3.8, 4) is 5.75 Å². The molecule has 0 aliphatic carbocycles. The summed E-state index contributed by atoms with van der Waals surface area (Å²) in [6.07, 6.45) is 11.7. The van der Waals surface area contributed by atoms with Gasteiger partial charge in [0.2, 0.25) is 41.4 Å². The van der Waals surface area contributed by atoms with Crippen LogP contribution in [0.25, 0.3) is 0 Å². The Morgan fingerprint density at radius 3 is 1.96 bits per heavy atom. The Morgan fingerprint density at radius 1 is 0.736 bits per heavy atom. The van der Waals surface area contributed by atoms with Crippen LogP contribution in [0.15, 0.2) is 48.6 Å². The molecule has 12 atom stereocenters. The fourth-order valence-electron chi connectivity index (χ4n) is 9.32. The maximum absolute atomic E-state index is 14.3. The Labute approximate surface area is 423 Å². The number of hydrogen-bond acceptors (Lipinski definition) is 13. The third kappa shape index (κ3) is 18.0. The molecule has 0 saturated carbocycles. The summed E-state index contributed by atoms with van der Waals surface area (Å²) in [6, 6.07) is -3.98. The number of nitrogens with one attached hydrogen (secondary N) is 5. The van der Waals surface area contributed by atoms with Crippen LogP contribution in [0, 0.1) is 5.92 Å². The van der Waals surface area contributed by atoms with Gasteiger partial charge in [0.1, 0.15) is 42.0 Å². The SMILES string of the molecule is CCCCC/C=C\C/C=C\CCCCCCCC(=O)NC1CCCNC(=O)C2[C@@H](O)[C@@H](C)CN2C(=O)[C@H]([C@@H](C)O)NC(=O)[C@H]([C@H](O)Cc2ccc(O)cc2)NC(=O)[C@@H]2C[C@@H](O)CN2C(=O)[C@H]([C@@H](C)O)NC1=O. The van der Waals surface area contributed by atoms with E-state index in [1.165, 1.54) is 57.4 Å². The van der Waals surface area contributed by atoms with Crippen molar-refractivity contribution in [2.24, 2.45) is 5.92 Å². The van der Waals surface area contributed by atoms with Crippen molar-refractivity contribution in [1.29, 1.82) is 0 Å². The standard InChI is InChI=1S/C52H81N7O13/c1-5-6-7-8-9-10-11-12-13-14-15-16-17-18-19-22-41(65)54-38-21-20-27-53-50(70)45-46(66)32(2)30-59(45)52(72)43(34(4)61)56-49(69)44(40(64)28-35-23-25-36(62)26-24-35)57-48(68)39-29-37(63)31-58(39)51(71)42(33(3)60)55-47(38)67/h9-10,12-13,23-26,32-34,37-40,42-46,60-64,66H,5-8,11,14-22,27-31H2,1-4H3,(H,53,70)(H,54,65)(H,55,67)(H,56,69)(H,57,68)/b10-9-,13-12-/t32-,33+,34+,37+,38?,39-,40+,42-,43-,44-,45?,46-/m0/s1. The van der Waals surface area contributed by atoms with E-state index in [4.69, 9.17) is 0 Å². The summed E-state index contributed by atoms with van der Waals surface area (Å²) in [5, 5.41) is 78.0. The number of phenols is 1. The van der Waals surface area contributed by atoms with Crippen molar-refractivity contribution in [1.82, 2.24) is 36.4 Å². The highest BCUT2D eigenvalue weighted by Crippen LogP contribution is 2.26. The van der Waals surface area contributed by atoms with Crippen LogP contribution in [-0.2, 0) is 40.0 Å². The summed E-state index contributed by atoms with van der Waals surface area (Å²) in [6.45, 7) is 5.58. The quantitative estimate of drug-likeness (QED) is 0.0640. The van der Waals surface area contributed by atoms with Crippen molar-refractivity contribution in [2.45, 2.75) is 197 Å². The monoisotopic (exact) mass is 1010 g/mol. The lowest BCUT2D eigenvalue weighted by molar-refractivity contribution is -0.147. The van der Waals surface area contributed by atoms with Crippen molar-refractivity contribution in [3.05, 3.63) is 54.1 Å². The summed E-state index contributed by atoms with van der Waals surface area (Å²) in [4.78, 5) is 100. The lowest BCUT2D eigenvalue weighted by atomic mass is 9.99. The average molecular weight is 1010 g/mol. The molecule has 72 heavy (non-hydrogen) atoms. The number of unbranched alkanes of at least 4 members (excludes halogenated alkanes) is 8. The van der Waals surface area contributed by atoms with Gasteiger partial charge in [-0.05, 0) is 82.9 Å². The van der Waals surface area contributed by atoms with Gasteiger partial charge in [-0.25, -0.2) is 0 Å². The molecule has 11 N–H and O–H groups in total. The molecule has 3 aliphatic rings. The number of carbonyl (C=O) groups excluding carboxylic acids is 7. The first-order chi connectivity index (χ1) is 34.3. The van der Waals surface area contributed by atoms with Crippen LogP contribution in [0.5, 0.6) is 5.75 Å². The predicted octanol–water partition coefficient (Wildman–Crippen LogP) is 0.890. The van der Waals surface area contributed by atoms with E-state index in [1.54, 1.807) is 6.92 Å². The third-order valence-electron chi connectivity index (χ3n) is 13.6. The lowest BCUT2D eigenvalue weighted by Gasteiger charge is -2.33. The van der Waals surface area contributed by atoms with Gasteiger partial charge in [0.15, 0.2) is 0 Å². The summed E-state index contributed by atoms with van der Waals surface area (Å²) >= 11 is 0. The van der Waals surface area contributed by atoms with E-state index in [0.29, 0.717) is 12.0 Å². The number of aliphatic hydroxyl groups is 5. The molecular weight excluding hydrogens is 931 g/mol. The number of aliphatic hydroxyl groups excluding tert-OH is 5. The van der Waals surface area contributed by atoms with Gasteiger partial charge in [-0.1, -0.05) is 82.4 Å². The zero-order valence-electron chi connectivity index (χ0n) is 42.4. The number of phenolic OH excluding ortho intramolecular Hbond substituents is 1.